The van der Waals surface area contributed by atoms with Crippen LogP contribution in [0.15, 0.2) is 54.9 Å². The van der Waals surface area contributed by atoms with Gasteiger partial charge in [-0.3, -0.25) is 0 Å². The van der Waals surface area contributed by atoms with E-state index < -0.39 is 0 Å². The maximum atomic E-state index is 11.1. The molecule has 2 nitrogen and oxygen atoms in total. The first-order chi connectivity index (χ1) is 8.34. The molecule has 1 heterocycles. The predicted molar refractivity (Wildman–Crippen MR) is 63.5 cm³/mol. The molecule has 0 radical (unpaired) electrons. The SMILES string of the molecule is [O-]c1ccc([C@H]2CC[C@@H]2[n+]2ccccc2)cc1. The number of pyridine rings is 1. The first-order valence-electron chi connectivity index (χ1n) is 6.07. The van der Waals surface area contributed by atoms with Crippen molar-refractivity contribution in [1.29, 1.82) is 0 Å². The zero-order valence-electron chi connectivity index (χ0n) is 9.62. The third-order valence-corrected chi connectivity index (χ3v) is 3.67. The number of benzene rings is 1. The van der Waals surface area contributed by atoms with Crippen molar-refractivity contribution in [3.63, 3.8) is 0 Å². The van der Waals surface area contributed by atoms with Crippen LogP contribution in [-0.4, -0.2) is 0 Å². The number of aromatic nitrogens is 1. The third kappa shape index (κ3) is 1.91. The highest BCUT2D eigenvalue weighted by Gasteiger charge is 2.38. The Morgan fingerprint density at radius 3 is 2.24 bits per heavy atom. The van der Waals surface area contributed by atoms with Gasteiger partial charge in [-0.15, -0.1) is 5.75 Å². The highest BCUT2D eigenvalue weighted by Crippen LogP contribution is 2.42. The summed E-state index contributed by atoms with van der Waals surface area (Å²) in [6.45, 7) is 0. The summed E-state index contributed by atoms with van der Waals surface area (Å²) in [5.41, 5.74) is 1.29. The first kappa shape index (κ1) is 10.3. The number of hydrogen-bond donors (Lipinski definition) is 0. The molecule has 1 fully saturated rings. The summed E-state index contributed by atoms with van der Waals surface area (Å²) in [6, 6.07) is 14.0. The second kappa shape index (κ2) is 4.21. The molecule has 1 aromatic heterocycles. The Bertz CT molecular complexity index is 492. The van der Waals surface area contributed by atoms with Crippen molar-refractivity contribution in [3.8, 4) is 5.75 Å². The average molecular weight is 225 g/mol. The van der Waals surface area contributed by atoms with Crippen LogP contribution in [0, 0.1) is 0 Å². The molecule has 2 heteroatoms. The van der Waals surface area contributed by atoms with E-state index in [1.807, 2.05) is 18.2 Å². The van der Waals surface area contributed by atoms with Crippen LogP contribution >= 0.6 is 0 Å². The normalized spacial score (nSPS) is 23.1. The maximum absolute atomic E-state index is 11.1. The summed E-state index contributed by atoms with van der Waals surface area (Å²) in [4.78, 5) is 0. The van der Waals surface area contributed by atoms with E-state index in [0.717, 1.165) is 0 Å². The Morgan fingerprint density at radius 1 is 0.941 bits per heavy atom. The summed E-state index contributed by atoms with van der Waals surface area (Å²) in [5, 5.41) is 11.1. The fourth-order valence-corrected chi connectivity index (χ4v) is 2.58. The molecule has 17 heavy (non-hydrogen) atoms. The minimum Gasteiger partial charge on any atom is -0.872 e. The van der Waals surface area contributed by atoms with Crippen LogP contribution in [-0.2, 0) is 0 Å². The van der Waals surface area contributed by atoms with Crippen molar-refractivity contribution in [2.24, 2.45) is 0 Å². The summed E-state index contributed by atoms with van der Waals surface area (Å²) < 4.78 is 2.28. The van der Waals surface area contributed by atoms with Crippen LogP contribution in [0.3, 0.4) is 0 Å². The van der Waals surface area contributed by atoms with Gasteiger partial charge >= 0.3 is 0 Å². The highest BCUT2D eigenvalue weighted by molar-refractivity contribution is 5.29. The molecule has 0 unspecified atom stereocenters. The Morgan fingerprint density at radius 2 is 1.65 bits per heavy atom. The van der Waals surface area contributed by atoms with Crippen molar-refractivity contribution in [1.82, 2.24) is 0 Å². The van der Waals surface area contributed by atoms with Crippen LogP contribution < -0.4 is 9.67 Å². The van der Waals surface area contributed by atoms with Gasteiger partial charge in [-0.25, -0.2) is 4.57 Å². The van der Waals surface area contributed by atoms with Crippen molar-refractivity contribution >= 4 is 0 Å². The molecule has 3 rings (SSSR count). The average Bonchev–Trinajstić information content (AvgIpc) is 2.32. The van der Waals surface area contributed by atoms with Gasteiger partial charge < -0.3 is 5.11 Å². The summed E-state index contributed by atoms with van der Waals surface area (Å²) >= 11 is 0. The van der Waals surface area contributed by atoms with Crippen LogP contribution in [0.1, 0.15) is 30.4 Å². The van der Waals surface area contributed by atoms with Crippen LogP contribution in [0.5, 0.6) is 5.75 Å². The van der Waals surface area contributed by atoms with Crippen molar-refractivity contribution < 1.29 is 9.67 Å². The Kier molecular flexibility index (Phi) is 2.56. The first-order valence-corrected chi connectivity index (χ1v) is 6.07. The van der Waals surface area contributed by atoms with Gasteiger partial charge in [-0.1, -0.05) is 30.3 Å². The van der Waals surface area contributed by atoms with Crippen LogP contribution in [0.25, 0.3) is 0 Å². The Balaban J connectivity index is 1.84. The van der Waals surface area contributed by atoms with E-state index in [4.69, 9.17) is 0 Å². The van der Waals surface area contributed by atoms with Gasteiger partial charge in [0.2, 0.25) is 0 Å². The molecular formula is C15H15NO. The largest absolute Gasteiger partial charge is 0.872 e. The summed E-state index contributed by atoms with van der Waals surface area (Å²) in [7, 11) is 0. The minimum atomic E-state index is 0.0944. The minimum absolute atomic E-state index is 0.0944. The molecule has 0 aliphatic heterocycles. The highest BCUT2D eigenvalue weighted by atomic mass is 16.3. The van der Waals surface area contributed by atoms with Crippen molar-refractivity contribution in [3.05, 3.63) is 60.4 Å². The molecule has 1 aliphatic carbocycles. The quantitative estimate of drug-likeness (QED) is 0.719. The van der Waals surface area contributed by atoms with Gasteiger partial charge in [-0.2, -0.15) is 0 Å². The van der Waals surface area contributed by atoms with E-state index in [0.29, 0.717) is 12.0 Å². The Hall–Kier alpha value is -1.83. The topological polar surface area (TPSA) is 26.9 Å². The lowest BCUT2D eigenvalue weighted by Gasteiger charge is -2.32. The number of hydrogen-bond acceptors (Lipinski definition) is 1. The summed E-state index contributed by atoms with van der Waals surface area (Å²) in [5.74, 6) is 0.653. The van der Waals surface area contributed by atoms with Gasteiger partial charge in [0.05, 0.1) is 0 Å². The molecule has 0 N–H and O–H groups in total. The van der Waals surface area contributed by atoms with Gasteiger partial charge in [-0.05, 0) is 12.0 Å². The standard InChI is InChI=1S/C15H15NO/c17-13-6-4-12(5-7-13)14-8-9-15(14)16-10-2-1-3-11-16/h1-7,10-11,14-15H,8-9H2/t14-,15+/m1/s1. The molecule has 2 aromatic rings. The Labute approximate surface area is 101 Å². The molecule has 1 aromatic carbocycles. The van der Waals surface area contributed by atoms with Gasteiger partial charge in [0.15, 0.2) is 18.4 Å². The van der Waals surface area contributed by atoms with Crippen LogP contribution in [0.4, 0.5) is 0 Å². The lowest BCUT2D eigenvalue weighted by Crippen LogP contribution is -2.46. The fraction of sp³-hybridized carbons (Fsp3) is 0.267. The summed E-state index contributed by atoms with van der Waals surface area (Å²) in [6.07, 6.45) is 6.68. The molecular weight excluding hydrogens is 210 g/mol. The van der Waals surface area contributed by atoms with E-state index in [1.54, 1.807) is 12.1 Å². The zero-order chi connectivity index (χ0) is 11.7. The monoisotopic (exact) mass is 225 g/mol. The van der Waals surface area contributed by atoms with Crippen LogP contribution in [0.2, 0.25) is 0 Å². The van der Waals surface area contributed by atoms with E-state index in [1.165, 1.54) is 18.4 Å². The van der Waals surface area contributed by atoms with E-state index in [-0.39, 0.29) is 5.75 Å². The predicted octanol–water partition coefficient (Wildman–Crippen LogP) is 2.17. The van der Waals surface area contributed by atoms with Gasteiger partial charge in [0, 0.05) is 24.5 Å². The fourth-order valence-electron chi connectivity index (χ4n) is 2.58. The van der Waals surface area contributed by atoms with Crippen molar-refractivity contribution in [2.45, 2.75) is 24.8 Å². The van der Waals surface area contributed by atoms with Crippen molar-refractivity contribution in [2.75, 3.05) is 0 Å². The molecule has 86 valence electrons. The van der Waals surface area contributed by atoms with E-state index in [2.05, 4.69) is 29.1 Å². The molecule has 0 saturated heterocycles. The van der Waals surface area contributed by atoms with Gasteiger partial charge in [0.25, 0.3) is 0 Å². The molecule has 0 amide bonds. The number of nitrogens with zero attached hydrogens (tertiary/aromatic N) is 1. The molecule has 2 atom stereocenters. The smallest absolute Gasteiger partial charge is 0.169 e. The number of rotatable bonds is 2. The molecule has 1 aliphatic rings. The van der Waals surface area contributed by atoms with E-state index >= 15 is 0 Å². The maximum Gasteiger partial charge on any atom is 0.169 e. The lowest BCUT2D eigenvalue weighted by atomic mass is 9.75. The molecule has 0 spiro atoms. The lowest BCUT2D eigenvalue weighted by molar-refractivity contribution is -0.736. The molecule has 0 bridgehead atoms. The molecule has 1 saturated carbocycles. The second-order valence-corrected chi connectivity index (χ2v) is 4.64. The second-order valence-electron chi connectivity index (χ2n) is 4.64. The third-order valence-electron chi connectivity index (χ3n) is 3.67. The van der Waals surface area contributed by atoms with E-state index in [9.17, 15) is 5.11 Å². The van der Waals surface area contributed by atoms with Gasteiger partial charge in [0.1, 0.15) is 0 Å². The zero-order valence-corrected chi connectivity index (χ0v) is 9.62.